The minimum Gasteiger partial charge on any atom is -0.389 e. The zero-order valence-corrected chi connectivity index (χ0v) is 11.5. The number of hydrogen-bond acceptors (Lipinski definition) is 2. The molecule has 2 aliphatic rings. The Kier molecular flexibility index (Phi) is 3.64. The van der Waals surface area contributed by atoms with Gasteiger partial charge in [0.05, 0.1) is 11.7 Å². The Balaban J connectivity index is 1.57. The Morgan fingerprint density at radius 2 is 1.79 bits per heavy atom. The maximum atomic E-state index is 10.7. The second-order valence-electron chi connectivity index (χ2n) is 6.39. The average Bonchev–Trinajstić information content (AvgIpc) is 3.12. The Labute approximate surface area is 115 Å². The van der Waals surface area contributed by atoms with E-state index in [0.29, 0.717) is 18.3 Å². The van der Waals surface area contributed by atoms with Crippen LogP contribution in [-0.2, 0) is 0 Å². The molecule has 3 atom stereocenters. The molecule has 0 aromatic heterocycles. The van der Waals surface area contributed by atoms with Crippen LogP contribution >= 0.6 is 0 Å². The molecule has 2 aliphatic carbocycles. The summed E-state index contributed by atoms with van der Waals surface area (Å²) in [6.07, 6.45) is 7.37. The van der Waals surface area contributed by atoms with Crippen LogP contribution in [0.5, 0.6) is 0 Å². The molecule has 2 N–H and O–H groups in total. The van der Waals surface area contributed by atoms with Gasteiger partial charge in [-0.05, 0) is 43.1 Å². The van der Waals surface area contributed by atoms with Gasteiger partial charge in [0.1, 0.15) is 0 Å². The Hall–Kier alpha value is -0.860. The van der Waals surface area contributed by atoms with Crippen LogP contribution in [0.15, 0.2) is 30.3 Å². The minimum absolute atomic E-state index is 0.297. The van der Waals surface area contributed by atoms with Crippen molar-refractivity contribution < 1.29 is 10.2 Å². The van der Waals surface area contributed by atoms with Gasteiger partial charge in [-0.1, -0.05) is 49.6 Å². The monoisotopic (exact) mass is 260 g/mol. The number of hydrogen-bond donors (Lipinski definition) is 2. The lowest BCUT2D eigenvalue weighted by atomic mass is 9.82. The van der Waals surface area contributed by atoms with Crippen LogP contribution in [0.25, 0.3) is 0 Å². The lowest BCUT2D eigenvalue weighted by Crippen LogP contribution is -2.27. The van der Waals surface area contributed by atoms with Crippen molar-refractivity contribution in [3.05, 3.63) is 35.9 Å². The van der Waals surface area contributed by atoms with Crippen LogP contribution in [0.1, 0.15) is 56.6 Å². The van der Waals surface area contributed by atoms with E-state index in [9.17, 15) is 10.2 Å². The molecule has 0 saturated heterocycles. The largest absolute Gasteiger partial charge is 0.389 e. The first-order valence-electron chi connectivity index (χ1n) is 7.65. The van der Waals surface area contributed by atoms with Gasteiger partial charge >= 0.3 is 0 Å². The summed E-state index contributed by atoms with van der Waals surface area (Å²) in [5, 5.41) is 20.9. The van der Waals surface area contributed by atoms with Crippen LogP contribution in [0.4, 0.5) is 0 Å². The van der Waals surface area contributed by atoms with Crippen molar-refractivity contribution in [1.29, 1.82) is 0 Å². The Morgan fingerprint density at radius 1 is 1.11 bits per heavy atom. The van der Waals surface area contributed by atoms with Crippen molar-refractivity contribution in [2.75, 3.05) is 0 Å². The third kappa shape index (κ3) is 2.70. The maximum absolute atomic E-state index is 10.7. The summed E-state index contributed by atoms with van der Waals surface area (Å²) in [6, 6.07) is 9.81. The van der Waals surface area contributed by atoms with Crippen molar-refractivity contribution in [3.8, 4) is 0 Å². The highest BCUT2D eigenvalue weighted by Crippen LogP contribution is 2.56. The van der Waals surface area contributed by atoms with Crippen molar-refractivity contribution >= 4 is 0 Å². The summed E-state index contributed by atoms with van der Waals surface area (Å²) in [4.78, 5) is 0. The molecular weight excluding hydrogens is 236 g/mol. The van der Waals surface area contributed by atoms with E-state index in [1.807, 2.05) is 30.3 Å². The Bertz CT molecular complexity index is 411. The fourth-order valence-electron chi connectivity index (χ4n) is 3.81. The molecule has 2 fully saturated rings. The molecule has 0 aliphatic heterocycles. The first-order valence-corrected chi connectivity index (χ1v) is 7.65. The van der Waals surface area contributed by atoms with Crippen LogP contribution < -0.4 is 0 Å². The quantitative estimate of drug-likeness (QED) is 0.870. The second-order valence-corrected chi connectivity index (χ2v) is 6.39. The molecule has 0 spiro atoms. The molecule has 1 aromatic carbocycles. The standard InChI is InChI=1S/C17H24O2/c18-16(13-7-3-1-4-8-13)11-15-12-17(15,19)14-9-5-2-6-10-14/h1,3-4,7-8,14-16,18-19H,2,5-6,9-12H2/t15-,16-,17-/m1/s1. The van der Waals surface area contributed by atoms with Gasteiger partial charge in [-0.3, -0.25) is 0 Å². The fourth-order valence-corrected chi connectivity index (χ4v) is 3.81. The number of aliphatic hydroxyl groups excluding tert-OH is 1. The van der Waals surface area contributed by atoms with E-state index < -0.39 is 11.7 Å². The molecule has 0 amide bonds. The van der Waals surface area contributed by atoms with E-state index in [0.717, 1.165) is 12.0 Å². The van der Waals surface area contributed by atoms with Crippen molar-refractivity contribution in [2.24, 2.45) is 11.8 Å². The Morgan fingerprint density at radius 3 is 2.47 bits per heavy atom. The van der Waals surface area contributed by atoms with Crippen LogP contribution in [-0.4, -0.2) is 15.8 Å². The van der Waals surface area contributed by atoms with Gasteiger partial charge in [0.15, 0.2) is 0 Å². The predicted octanol–water partition coefficient (Wildman–Crippen LogP) is 3.44. The molecule has 0 unspecified atom stereocenters. The molecule has 19 heavy (non-hydrogen) atoms. The molecule has 2 heteroatoms. The van der Waals surface area contributed by atoms with E-state index in [1.165, 1.54) is 32.1 Å². The van der Waals surface area contributed by atoms with Gasteiger partial charge in [0.2, 0.25) is 0 Å². The molecule has 0 bridgehead atoms. The fraction of sp³-hybridized carbons (Fsp3) is 0.647. The molecule has 3 rings (SSSR count). The topological polar surface area (TPSA) is 40.5 Å². The number of rotatable bonds is 4. The molecule has 104 valence electrons. The highest BCUT2D eigenvalue weighted by atomic mass is 16.3. The lowest BCUT2D eigenvalue weighted by molar-refractivity contribution is 0.0345. The third-order valence-electron chi connectivity index (χ3n) is 5.12. The molecule has 0 radical (unpaired) electrons. The van der Waals surface area contributed by atoms with Gasteiger partial charge in [-0.2, -0.15) is 0 Å². The molecule has 2 nitrogen and oxygen atoms in total. The van der Waals surface area contributed by atoms with E-state index in [4.69, 9.17) is 0 Å². The van der Waals surface area contributed by atoms with E-state index in [2.05, 4.69) is 0 Å². The SMILES string of the molecule is O[C@H](C[C@@H]1C[C@@]1(O)C1CCCCC1)c1ccccc1. The number of aliphatic hydroxyl groups is 2. The van der Waals surface area contributed by atoms with E-state index in [1.54, 1.807) is 0 Å². The summed E-state index contributed by atoms with van der Waals surface area (Å²) in [6.45, 7) is 0. The van der Waals surface area contributed by atoms with Gasteiger partial charge < -0.3 is 10.2 Å². The second kappa shape index (κ2) is 5.26. The van der Waals surface area contributed by atoms with Crippen molar-refractivity contribution in [3.63, 3.8) is 0 Å². The molecule has 2 saturated carbocycles. The predicted molar refractivity (Wildman–Crippen MR) is 75.7 cm³/mol. The van der Waals surface area contributed by atoms with Crippen LogP contribution in [0, 0.1) is 11.8 Å². The van der Waals surface area contributed by atoms with Crippen LogP contribution in [0.3, 0.4) is 0 Å². The van der Waals surface area contributed by atoms with Crippen molar-refractivity contribution in [1.82, 2.24) is 0 Å². The van der Waals surface area contributed by atoms with Gasteiger partial charge in [-0.25, -0.2) is 0 Å². The van der Waals surface area contributed by atoms with Crippen molar-refractivity contribution in [2.45, 2.75) is 56.7 Å². The summed E-state index contributed by atoms with van der Waals surface area (Å²) in [7, 11) is 0. The van der Waals surface area contributed by atoms with Crippen LogP contribution in [0.2, 0.25) is 0 Å². The highest BCUT2D eigenvalue weighted by molar-refractivity contribution is 5.19. The molecule has 1 aromatic rings. The highest BCUT2D eigenvalue weighted by Gasteiger charge is 2.57. The minimum atomic E-state index is -0.462. The average molecular weight is 260 g/mol. The summed E-state index contributed by atoms with van der Waals surface area (Å²) >= 11 is 0. The maximum Gasteiger partial charge on any atom is 0.0793 e. The summed E-state index contributed by atoms with van der Waals surface area (Å²) in [5.41, 5.74) is 0.510. The zero-order valence-electron chi connectivity index (χ0n) is 11.5. The van der Waals surface area contributed by atoms with Gasteiger partial charge in [0.25, 0.3) is 0 Å². The lowest BCUT2D eigenvalue weighted by Gasteiger charge is -2.28. The first-order chi connectivity index (χ1) is 9.20. The third-order valence-corrected chi connectivity index (χ3v) is 5.12. The van der Waals surface area contributed by atoms with E-state index >= 15 is 0 Å². The first kappa shape index (κ1) is 13.1. The molecule has 0 heterocycles. The summed E-state index contributed by atoms with van der Waals surface area (Å²) in [5.74, 6) is 0.778. The smallest absolute Gasteiger partial charge is 0.0793 e. The van der Waals surface area contributed by atoms with Gasteiger partial charge in [0, 0.05) is 0 Å². The summed E-state index contributed by atoms with van der Waals surface area (Å²) < 4.78 is 0. The van der Waals surface area contributed by atoms with E-state index in [-0.39, 0.29) is 0 Å². The van der Waals surface area contributed by atoms with Gasteiger partial charge in [-0.15, -0.1) is 0 Å². The normalized spacial score (nSPS) is 33.1. The number of benzene rings is 1. The molecular formula is C17H24O2. The zero-order chi connectivity index (χ0) is 13.3.